The molecule has 1 amide bonds. The minimum Gasteiger partial charge on any atom is -0.299 e. The van der Waals surface area contributed by atoms with Crippen LogP contribution in [0.15, 0.2) is 36.9 Å². The Balaban J connectivity index is 1.79. The van der Waals surface area contributed by atoms with Crippen molar-refractivity contribution in [3.8, 4) is 11.3 Å². The molecule has 0 unspecified atom stereocenters. The van der Waals surface area contributed by atoms with Crippen molar-refractivity contribution in [1.29, 1.82) is 0 Å². The van der Waals surface area contributed by atoms with Crippen LogP contribution in [-0.4, -0.2) is 26.1 Å². The zero-order valence-corrected chi connectivity index (χ0v) is 13.0. The lowest BCUT2D eigenvalue weighted by molar-refractivity contribution is 0.0996. The van der Waals surface area contributed by atoms with Gasteiger partial charge in [-0.1, -0.05) is 11.6 Å². The van der Waals surface area contributed by atoms with Crippen molar-refractivity contribution >= 4 is 23.2 Å². The molecule has 114 valence electrons. The fourth-order valence-electron chi connectivity index (χ4n) is 2.80. The monoisotopic (exact) mass is 325 g/mol. The lowest BCUT2D eigenvalue weighted by atomic mass is 10.1. The number of aromatic amines is 1. The second-order valence-corrected chi connectivity index (χ2v) is 5.82. The Hall–Kier alpha value is -2.73. The van der Waals surface area contributed by atoms with E-state index in [0.717, 1.165) is 28.2 Å². The van der Waals surface area contributed by atoms with Gasteiger partial charge < -0.3 is 0 Å². The van der Waals surface area contributed by atoms with Crippen LogP contribution in [0, 0.1) is 6.92 Å². The fourth-order valence-corrected chi connectivity index (χ4v) is 2.98. The molecule has 1 aliphatic heterocycles. The van der Waals surface area contributed by atoms with E-state index in [2.05, 4.69) is 20.2 Å². The number of nitrogens with zero attached hydrogens (tertiary/aromatic N) is 4. The fraction of sp³-hybridized carbons (Fsp3) is 0.125. The number of aryl methyl sites for hydroxylation is 1. The molecular weight excluding hydrogens is 314 g/mol. The number of halogens is 1. The van der Waals surface area contributed by atoms with Crippen LogP contribution < -0.4 is 4.90 Å². The maximum atomic E-state index is 12.6. The van der Waals surface area contributed by atoms with Crippen molar-refractivity contribution in [3.63, 3.8) is 0 Å². The largest absolute Gasteiger partial charge is 0.299 e. The molecular formula is C16H12ClN5O. The Kier molecular flexibility index (Phi) is 3.12. The van der Waals surface area contributed by atoms with E-state index in [1.807, 2.05) is 19.1 Å². The van der Waals surface area contributed by atoms with Gasteiger partial charge in [0.15, 0.2) is 0 Å². The van der Waals surface area contributed by atoms with E-state index in [4.69, 9.17) is 11.6 Å². The van der Waals surface area contributed by atoms with Crippen molar-refractivity contribution in [2.45, 2.75) is 13.5 Å². The number of amides is 1. The summed E-state index contributed by atoms with van der Waals surface area (Å²) in [7, 11) is 0. The molecule has 0 spiro atoms. The summed E-state index contributed by atoms with van der Waals surface area (Å²) in [5.74, 6) is -0.0535. The first kappa shape index (κ1) is 13.9. The highest BCUT2D eigenvalue weighted by Crippen LogP contribution is 2.31. The molecule has 1 N–H and O–H groups in total. The van der Waals surface area contributed by atoms with Crippen LogP contribution in [0.25, 0.3) is 11.3 Å². The van der Waals surface area contributed by atoms with Crippen molar-refractivity contribution in [2.24, 2.45) is 0 Å². The molecule has 0 radical (unpaired) electrons. The summed E-state index contributed by atoms with van der Waals surface area (Å²) < 4.78 is 0. The first-order chi connectivity index (χ1) is 11.1. The molecule has 4 heterocycles. The van der Waals surface area contributed by atoms with Gasteiger partial charge in [0.2, 0.25) is 0 Å². The molecule has 23 heavy (non-hydrogen) atoms. The number of aromatic nitrogens is 4. The average molecular weight is 326 g/mol. The van der Waals surface area contributed by atoms with Gasteiger partial charge in [0.1, 0.15) is 0 Å². The number of carbonyl (C=O) groups is 1. The third kappa shape index (κ3) is 2.27. The topological polar surface area (TPSA) is 74.8 Å². The van der Waals surface area contributed by atoms with Gasteiger partial charge in [-0.25, -0.2) is 0 Å². The molecule has 0 atom stereocenters. The predicted octanol–water partition coefficient (Wildman–Crippen LogP) is 2.99. The van der Waals surface area contributed by atoms with Crippen LogP contribution in [0.1, 0.15) is 21.6 Å². The van der Waals surface area contributed by atoms with Gasteiger partial charge in [0, 0.05) is 24.2 Å². The minimum atomic E-state index is -0.0535. The minimum absolute atomic E-state index is 0.0535. The first-order valence-corrected chi connectivity index (χ1v) is 7.43. The van der Waals surface area contributed by atoms with Gasteiger partial charge in [0.25, 0.3) is 5.91 Å². The number of H-pyrrole nitrogens is 1. The molecule has 0 saturated heterocycles. The van der Waals surface area contributed by atoms with Crippen molar-refractivity contribution in [1.82, 2.24) is 20.2 Å². The van der Waals surface area contributed by atoms with Gasteiger partial charge in [-0.15, -0.1) is 0 Å². The van der Waals surface area contributed by atoms with Crippen molar-refractivity contribution in [2.75, 3.05) is 4.90 Å². The van der Waals surface area contributed by atoms with Crippen LogP contribution in [0.4, 0.5) is 5.69 Å². The van der Waals surface area contributed by atoms with Crippen LogP contribution in [0.2, 0.25) is 5.02 Å². The number of hydrogen-bond donors (Lipinski definition) is 1. The van der Waals surface area contributed by atoms with Crippen LogP contribution in [-0.2, 0) is 6.54 Å². The Labute approximate surface area is 137 Å². The molecule has 3 aromatic rings. The number of hydrogen-bond acceptors (Lipinski definition) is 4. The second kappa shape index (κ2) is 5.17. The summed E-state index contributed by atoms with van der Waals surface area (Å²) in [6, 6.07) is 3.70. The summed E-state index contributed by atoms with van der Waals surface area (Å²) in [6.07, 6.45) is 6.61. The first-order valence-electron chi connectivity index (χ1n) is 7.05. The molecule has 0 aromatic carbocycles. The highest BCUT2D eigenvalue weighted by Gasteiger charge is 2.32. The lowest BCUT2D eigenvalue weighted by Gasteiger charge is -2.11. The summed E-state index contributed by atoms with van der Waals surface area (Å²) in [5, 5.41) is 7.18. The zero-order chi connectivity index (χ0) is 16.0. The van der Waals surface area contributed by atoms with E-state index in [1.165, 1.54) is 0 Å². The van der Waals surface area contributed by atoms with Crippen molar-refractivity contribution < 1.29 is 4.79 Å². The third-order valence-electron chi connectivity index (χ3n) is 3.85. The quantitative estimate of drug-likeness (QED) is 0.786. The number of anilines is 1. The van der Waals surface area contributed by atoms with E-state index in [-0.39, 0.29) is 5.91 Å². The molecule has 0 saturated carbocycles. The van der Waals surface area contributed by atoms with Gasteiger partial charge in [0.05, 0.1) is 40.4 Å². The standard InChI is InChI=1S/C16H12ClN5O/c1-9-2-13(10-3-11(17)5-18-4-10)21-14-8-22(16(23)15(9)14)12-6-19-20-7-12/h2-7H,8H2,1H3,(H,19,20). The van der Waals surface area contributed by atoms with E-state index in [9.17, 15) is 4.79 Å². The molecule has 0 aliphatic carbocycles. The van der Waals surface area contributed by atoms with E-state index in [1.54, 1.807) is 29.7 Å². The maximum absolute atomic E-state index is 12.6. The molecule has 0 fully saturated rings. The number of pyridine rings is 2. The van der Waals surface area contributed by atoms with Gasteiger partial charge >= 0.3 is 0 Å². The van der Waals surface area contributed by atoms with Gasteiger partial charge in [-0.2, -0.15) is 5.10 Å². The van der Waals surface area contributed by atoms with Crippen molar-refractivity contribution in [3.05, 3.63) is 58.8 Å². The normalized spacial score (nSPS) is 13.5. The highest BCUT2D eigenvalue weighted by atomic mass is 35.5. The number of rotatable bonds is 2. The Morgan fingerprint density at radius 1 is 1.26 bits per heavy atom. The zero-order valence-electron chi connectivity index (χ0n) is 12.2. The van der Waals surface area contributed by atoms with Gasteiger partial charge in [-0.3, -0.25) is 24.8 Å². The van der Waals surface area contributed by atoms with E-state index in [0.29, 0.717) is 17.1 Å². The molecule has 1 aliphatic rings. The summed E-state index contributed by atoms with van der Waals surface area (Å²) >= 11 is 6.00. The Bertz CT molecular complexity index is 907. The lowest BCUT2D eigenvalue weighted by Crippen LogP contribution is -2.22. The van der Waals surface area contributed by atoms with Crippen LogP contribution in [0.3, 0.4) is 0 Å². The molecule has 0 bridgehead atoms. The molecule has 4 rings (SSSR count). The van der Waals surface area contributed by atoms with Crippen LogP contribution >= 0.6 is 11.6 Å². The maximum Gasteiger partial charge on any atom is 0.260 e. The highest BCUT2D eigenvalue weighted by molar-refractivity contribution is 6.30. The summed E-state index contributed by atoms with van der Waals surface area (Å²) in [6.45, 7) is 2.34. The third-order valence-corrected chi connectivity index (χ3v) is 4.06. The molecule has 3 aromatic heterocycles. The molecule has 6 nitrogen and oxygen atoms in total. The predicted molar refractivity (Wildman–Crippen MR) is 86.3 cm³/mol. The summed E-state index contributed by atoms with van der Waals surface area (Å²) in [4.78, 5) is 23.0. The SMILES string of the molecule is Cc1cc(-c2cncc(Cl)c2)nc2c1C(=O)N(c1cn[nH]c1)C2. The molecule has 7 heteroatoms. The summed E-state index contributed by atoms with van der Waals surface area (Å²) in [5.41, 5.74) is 4.63. The number of carbonyl (C=O) groups excluding carboxylic acids is 1. The Morgan fingerprint density at radius 3 is 2.87 bits per heavy atom. The van der Waals surface area contributed by atoms with Crippen LogP contribution in [0.5, 0.6) is 0 Å². The Morgan fingerprint density at radius 2 is 2.13 bits per heavy atom. The average Bonchev–Trinajstić information content (AvgIpc) is 3.15. The van der Waals surface area contributed by atoms with E-state index < -0.39 is 0 Å². The van der Waals surface area contributed by atoms with E-state index >= 15 is 0 Å². The smallest absolute Gasteiger partial charge is 0.260 e. The second-order valence-electron chi connectivity index (χ2n) is 5.39. The van der Waals surface area contributed by atoms with Gasteiger partial charge in [-0.05, 0) is 24.6 Å². The number of nitrogens with one attached hydrogen (secondary N) is 1. The number of fused-ring (bicyclic) bond motifs is 1.